The quantitative estimate of drug-likeness (QED) is 0.807. The zero-order valence-corrected chi connectivity index (χ0v) is 13.0. The summed E-state index contributed by atoms with van der Waals surface area (Å²) in [6, 6.07) is 12.8. The maximum Gasteiger partial charge on any atom is 0.323 e. The van der Waals surface area contributed by atoms with Gasteiger partial charge in [0.25, 0.3) is 0 Å². The number of anilines is 3. The van der Waals surface area contributed by atoms with Crippen molar-refractivity contribution in [3.05, 3.63) is 53.6 Å². The topological polar surface area (TPSA) is 70.2 Å². The number of rotatable bonds is 3. The number of urea groups is 1. The van der Waals surface area contributed by atoms with E-state index >= 15 is 0 Å². The Morgan fingerprint density at radius 1 is 0.826 bits per heavy atom. The van der Waals surface area contributed by atoms with Crippen LogP contribution in [0, 0.1) is 0 Å². The Morgan fingerprint density at radius 3 is 2.22 bits per heavy atom. The third-order valence-electron chi connectivity index (χ3n) is 3.80. The number of nitrogens with one attached hydrogen (secondary N) is 3. The van der Waals surface area contributed by atoms with E-state index in [1.54, 1.807) is 24.3 Å². The first-order valence-corrected chi connectivity index (χ1v) is 7.67. The lowest BCUT2D eigenvalue weighted by Gasteiger charge is -2.10. The van der Waals surface area contributed by atoms with Crippen LogP contribution >= 0.6 is 0 Å². The van der Waals surface area contributed by atoms with Gasteiger partial charge in [0, 0.05) is 24.0 Å². The van der Waals surface area contributed by atoms with Crippen LogP contribution in [0.1, 0.15) is 24.5 Å². The van der Waals surface area contributed by atoms with Crippen LogP contribution < -0.4 is 16.0 Å². The molecule has 0 atom stereocenters. The number of hydrogen-bond acceptors (Lipinski definition) is 2. The highest BCUT2D eigenvalue weighted by atomic mass is 16.2. The molecule has 0 heterocycles. The van der Waals surface area contributed by atoms with E-state index in [1.165, 1.54) is 24.5 Å². The van der Waals surface area contributed by atoms with Crippen LogP contribution in [-0.2, 0) is 17.6 Å². The first-order valence-electron chi connectivity index (χ1n) is 7.67. The minimum absolute atomic E-state index is 0.148. The fourth-order valence-electron chi connectivity index (χ4n) is 2.82. The fourth-order valence-corrected chi connectivity index (χ4v) is 2.82. The molecule has 118 valence electrons. The SMILES string of the molecule is CC(=O)Nc1cccc(NC(=O)Nc2ccc3c(c2)CCC3)c1. The third kappa shape index (κ3) is 3.88. The first kappa shape index (κ1) is 15.1. The van der Waals surface area contributed by atoms with E-state index in [2.05, 4.69) is 22.0 Å². The molecule has 1 aliphatic carbocycles. The van der Waals surface area contributed by atoms with Crippen molar-refractivity contribution in [2.24, 2.45) is 0 Å². The lowest BCUT2D eigenvalue weighted by molar-refractivity contribution is -0.114. The average Bonchev–Trinajstić information content (AvgIpc) is 2.94. The largest absolute Gasteiger partial charge is 0.326 e. The summed E-state index contributed by atoms with van der Waals surface area (Å²) in [5.41, 5.74) is 4.75. The monoisotopic (exact) mass is 309 g/mol. The van der Waals surface area contributed by atoms with Crippen molar-refractivity contribution in [2.45, 2.75) is 26.2 Å². The molecule has 23 heavy (non-hydrogen) atoms. The molecule has 0 fully saturated rings. The van der Waals surface area contributed by atoms with Gasteiger partial charge in [0.1, 0.15) is 0 Å². The predicted octanol–water partition coefficient (Wildman–Crippen LogP) is 3.78. The molecule has 2 aromatic rings. The van der Waals surface area contributed by atoms with Crippen molar-refractivity contribution in [2.75, 3.05) is 16.0 Å². The molecule has 1 aliphatic rings. The minimum atomic E-state index is -0.303. The van der Waals surface area contributed by atoms with E-state index in [0.29, 0.717) is 11.4 Å². The van der Waals surface area contributed by atoms with Gasteiger partial charge in [-0.05, 0) is 60.7 Å². The van der Waals surface area contributed by atoms with Crippen LogP contribution in [0.4, 0.5) is 21.9 Å². The highest BCUT2D eigenvalue weighted by molar-refractivity contribution is 6.00. The summed E-state index contributed by atoms with van der Waals surface area (Å²) in [6.07, 6.45) is 3.38. The normalized spacial score (nSPS) is 12.4. The van der Waals surface area contributed by atoms with Crippen LogP contribution in [-0.4, -0.2) is 11.9 Å². The van der Waals surface area contributed by atoms with Gasteiger partial charge in [0.2, 0.25) is 5.91 Å². The average molecular weight is 309 g/mol. The molecule has 0 saturated carbocycles. The number of carbonyl (C=O) groups excluding carboxylic acids is 2. The van der Waals surface area contributed by atoms with Crippen LogP contribution in [0.3, 0.4) is 0 Å². The van der Waals surface area contributed by atoms with Gasteiger partial charge in [-0.25, -0.2) is 4.79 Å². The summed E-state index contributed by atoms with van der Waals surface area (Å²) < 4.78 is 0. The van der Waals surface area contributed by atoms with Gasteiger partial charge < -0.3 is 16.0 Å². The van der Waals surface area contributed by atoms with Crippen molar-refractivity contribution in [1.82, 2.24) is 0 Å². The molecular formula is C18H19N3O2. The lowest BCUT2D eigenvalue weighted by atomic mass is 10.1. The highest BCUT2D eigenvalue weighted by Gasteiger charge is 2.12. The Kier molecular flexibility index (Phi) is 4.28. The van der Waals surface area contributed by atoms with Crippen molar-refractivity contribution < 1.29 is 9.59 Å². The van der Waals surface area contributed by atoms with Crippen LogP contribution in [0.15, 0.2) is 42.5 Å². The molecule has 0 aromatic heterocycles. The van der Waals surface area contributed by atoms with Crippen molar-refractivity contribution in [3.63, 3.8) is 0 Å². The molecule has 0 unspecified atom stereocenters. The van der Waals surface area contributed by atoms with E-state index in [9.17, 15) is 9.59 Å². The van der Waals surface area contributed by atoms with E-state index < -0.39 is 0 Å². The minimum Gasteiger partial charge on any atom is -0.326 e. The molecule has 0 radical (unpaired) electrons. The zero-order valence-electron chi connectivity index (χ0n) is 13.0. The molecule has 3 amide bonds. The highest BCUT2D eigenvalue weighted by Crippen LogP contribution is 2.25. The fraction of sp³-hybridized carbons (Fsp3) is 0.222. The molecule has 0 bridgehead atoms. The maximum absolute atomic E-state index is 12.1. The van der Waals surface area contributed by atoms with E-state index in [0.717, 1.165) is 18.5 Å². The van der Waals surface area contributed by atoms with Crippen LogP contribution in [0.25, 0.3) is 0 Å². The molecular weight excluding hydrogens is 290 g/mol. The van der Waals surface area contributed by atoms with Gasteiger partial charge in [0.15, 0.2) is 0 Å². The molecule has 0 spiro atoms. The summed E-state index contributed by atoms with van der Waals surface area (Å²) in [4.78, 5) is 23.2. The summed E-state index contributed by atoms with van der Waals surface area (Å²) in [5.74, 6) is -0.148. The second-order valence-electron chi connectivity index (χ2n) is 5.68. The van der Waals surface area contributed by atoms with Crippen molar-refractivity contribution >= 4 is 29.0 Å². The van der Waals surface area contributed by atoms with Gasteiger partial charge >= 0.3 is 6.03 Å². The zero-order chi connectivity index (χ0) is 16.2. The van der Waals surface area contributed by atoms with Gasteiger partial charge in [-0.15, -0.1) is 0 Å². The Hall–Kier alpha value is -2.82. The molecule has 3 rings (SSSR count). The van der Waals surface area contributed by atoms with E-state index in [-0.39, 0.29) is 11.9 Å². The number of benzene rings is 2. The molecule has 5 nitrogen and oxygen atoms in total. The lowest BCUT2D eigenvalue weighted by Crippen LogP contribution is -2.19. The van der Waals surface area contributed by atoms with Gasteiger partial charge in [-0.3, -0.25) is 4.79 Å². The number of hydrogen-bond donors (Lipinski definition) is 3. The first-order chi connectivity index (χ1) is 11.1. The summed E-state index contributed by atoms with van der Waals surface area (Å²) >= 11 is 0. The second kappa shape index (κ2) is 6.52. The molecule has 5 heteroatoms. The van der Waals surface area contributed by atoms with Gasteiger partial charge in [-0.1, -0.05) is 12.1 Å². The Labute approximate surface area is 135 Å². The molecule has 3 N–H and O–H groups in total. The molecule has 0 saturated heterocycles. The number of fused-ring (bicyclic) bond motifs is 1. The predicted molar refractivity (Wildman–Crippen MR) is 91.9 cm³/mol. The van der Waals surface area contributed by atoms with Gasteiger partial charge in [-0.2, -0.15) is 0 Å². The number of amides is 3. The third-order valence-corrected chi connectivity index (χ3v) is 3.80. The standard InChI is InChI=1S/C18H19N3O2/c1-12(22)19-15-6-3-7-16(11-15)20-18(23)21-17-9-8-13-4-2-5-14(13)10-17/h3,6-11H,2,4-5H2,1H3,(H,19,22)(H2,20,21,23). The summed E-state index contributed by atoms with van der Waals surface area (Å²) in [6.45, 7) is 1.45. The van der Waals surface area contributed by atoms with E-state index in [1.807, 2.05) is 12.1 Å². The van der Waals surface area contributed by atoms with E-state index in [4.69, 9.17) is 0 Å². The number of aryl methyl sites for hydroxylation is 2. The maximum atomic E-state index is 12.1. The van der Waals surface area contributed by atoms with Crippen molar-refractivity contribution in [1.29, 1.82) is 0 Å². The molecule has 0 aliphatic heterocycles. The second-order valence-corrected chi connectivity index (χ2v) is 5.68. The van der Waals surface area contributed by atoms with Crippen molar-refractivity contribution in [3.8, 4) is 0 Å². The Bertz CT molecular complexity index is 756. The Morgan fingerprint density at radius 2 is 1.48 bits per heavy atom. The summed E-state index contributed by atoms with van der Waals surface area (Å²) in [7, 11) is 0. The van der Waals surface area contributed by atoms with Crippen LogP contribution in [0.5, 0.6) is 0 Å². The summed E-state index contributed by atoms with van der Waals surface area (Å²) in [5, 5.41) is 8.30. The van der Waals surface area contributed by atoms with Crippen LogP contribution in [0.2, 0.25) is 0 Å². The Balaban J connectivity index is 1.64. The molecule has 2 aromatic carbocycles. The van der Waals surface area contributed by atoms with Gasteiger partial charge in [0.05, 0.1) is 0 Å². The smallest absolute Gasteiger partial charge is 0.323 e. The number of carbonyl (C=O) groups is 2.